The van der Waals surface area contributed by atoms with E-state index in [0.29, 0.717) is 14.9 Å². The van der Waals surface area contributed by atoms with E-state index in [1.807, 2.05) is 12.1 Å². The lowest BCUT2D eigenvalue weighted by Crippen LogP contribution is -3.13. The van der Waals surface area contributed by atoms with E-state index < -0.39 is 0 Å². The number of carbonyl (C=O) groups is 1. The van der Waals surface area contributed by atoms with Gasteiger partial charge in [-0.1, -0.05) is 36.2 Å². The normalized spacial score (nSPS) is 18.0. The summed E-state index contributed by atoms with van der Waals surface area (Å²) in [5.41, 5.74) is 3.72. The first kappa shape index (κ1) is 17.7. The molecule has 2 aromatic rings. The van der Waals surface area contributed by atoms with Crippen molar-refractivity contribution in [1.82, 2.24) is 5.43 Å². The molecule has 128 valence electrons. The Kier molecular flexibility index (Phi) is 5.76. The van der Waals surface area contributed by atoms with Gasteiger partial charge in [-0.15, -0.1) is 11.3 Å². The average Bonchev–Trinajstić information content (AvgIpc) is 2.90. The van der Waals surface area contributed by atoms with Crippen molar-refractivity contribution in [3.63, 3.8) is 0 Å². The molecule has 1 aromatic carbocycles. The van der Waals surface area contributed by atoms with Gasteiger partial charge in [0.25, 0.3) is 5.91 Å². The minimum atomic E-state index is -0.256. The number of hydrazone groups is 1. The molecule has 4 nitrogen and oxygen atoms in total. The smallest absolute Gasteiger partial charge is 0.283 e. The van der Waals surface area contributed by atoms with E-state index in [0.717, 1.165) is 41.7 Å². The molecule has 7 heteroatoms. The van der Waals surface area contributed by atoms with Crippen molar-refractivity contribution >= 4 is 56.2 Å². The van der Waals surface area contributed by atoms with Crippen LogP contribution in [0.2, 0.25) is 10.0 Å². The first-order valence-electron chi connectivity index (χ1n) is 8.15. The van der Waals surface area contributed by atoms with Crippen LogP contribution in [0.4, 0.5) is 0 Å². The zero-order valence-electron chi connectivity index (χ0n) is 13.5. The SMILES string of the molecule is CCC[NH+]1CCC(=NNC(=O)c2sc3cc(Cl)ccc3c2Cl)CC1. The number of rotatable bonds is 4. The van der Waals surface area contributed by atoms with E-state index >= 15 is 0 Å². The molecular weight excluding hydrogens is 365 g/mol. The minimum absolute atomic E-state index is 0.256. The van der Waals surface area contributed by atoms with Crippen molar-refractivity contribution < 1.29 is 9.69 Å². The number of likely N-dealkylation sites (tertiary alicyclic amines) is 1. The third-order valence-electron chi connectivity index (χ3n) is 4.25. The van der Waals surface area contributed by atoms with Crippen LogP contribution in [-0.2, 0) is 0 Å². The molecular formula is C17H20Cl2N3OS+. The molecule has 24 heavy (non-hydrogen) atoms. The summed E-state index contributed by atoms with van der Waals surface area (Å²) in [4.78, 5) is 14.5. The minimum Gasteiger partial charge on any atom is -0.334 e. The Labute approximate surface area is 155 Å². The zero-order valence-corrected chi connectivity index (χ0v) is 15.8. The van der Waals surface area contributed by atoms with Crippen LogP contribution in [0.15, 0.2) is 23.3 Å². The fraction of sp³-hybridized carbons (Fsp3) is 0.412. The summed E-state index contributed by atoms with van der Waals surface area (Å²) in [6.07, 6.45) is 3.07. The number of amides is 1. The third kappa shape index (κ3) is 3.91. The molecule has 1 fully saturated rings. The number of nitrogens with zero attached hydrogens (tertiary/aromatic N) is 1. The van der Waals surface area contributed by atoms with E-state index in [2.05, 4.69) is 17.5 Å². The van der Waals surface area contributed by atoms with E-state index in [-0.39, 0.29) is 5.91 Å². The van der Waals surface area contributed by atoms with E-state index in [1.54, 1.807) is 11.0 Å². The average molecular weight is 385 g/mol. The maximum absolute atomic E-state index is 12.4. The predicted molar refractivity (Wildman–Crippen MR) is 102 cm³/mol. The largest absolute Gasteiger partial charge is 0.334 e. The van der Waals surface area contributed by atoms with Crippen molar-refractivity contribution in [3.05, 3.63) is 33.1 Å². The summed E-state index contributed by atoms with van der Waals surface area (Å²) in [5, 5.41) is 6.25. The maximum atomic E-state index is 12.4. The van der Waals surface area contributed by atoms with Crippen molar-refractivity contribution in [3.8, 4) is 0 Å². The lowest BCUT2D eigenvalue weighted by atomic mass is 10.1. The van der Waals surface area contributed by atoms with Gasteiger partial charge in [-0.2, -0.15) is 5.10 Å². The molecule has 1 amide bonds. The summed E-state index contributed by atoms with van der Waals surface area (Å²) in [6.45, 7) is 5.59. The molecule has 0 saturated carbocycles. The van der Waals surface area contributed by atoms with Crippen LogP contribution in [0.3, 0.4) is 0 Å². The highest BCUT2D eigenvalue weighted by Gasteiger charge is 2.19. The zero-order chi connectivity index (χ0) is 17.1. The van der Waals surface area contributed by atoms with Crippen LogP contribution in [0, 0.1) is 0 Å². The first-order chi connectivity index (χ1) is 11.6. The number of piperidine rings is 1. The quantitative estimate of drug-likeness (QED) is 0.779. The molecule has 1 aliphatic rings. The number of carbonyl (C=O) groups excluding carboxylic acids is 1. The van der Waals surface area contributed by atoms with Crippen LogP contribution in [0.5, 0.6) is 0 Å². The van der Waals surface area contributed by atoms with Gasteiger partial charge in [0.1, 0.15) is 4.88 Å². The highest BCUT2D eigenvalue weighted by atomic mass is 35.5. The van der Waals surface area contributed by atoms with Crippen LogP contribution >= 0.6 is 34.5 Å². The Balaban J connectivity index is 1.67. The summed E-state index contributed by atoms with van der Waals surface area (Å²) >= 11 is 13.7. The van der Waals surface area contributed by atoms with Gasteiger partial charge in [-0.3, -0.25) is 4.79 Å². The molecule has 2 heterocycles. The Bertz CT molecular complexity index is 777. The molecule has 3 rings (SSSR count). The number of hydrogen-bond donors (Lipinski definition) is 2. The standard InChI is InChI=1S/C17H19Cl2N3OS/c1-2-7-22-8-5-12(6-9-22)20-21-17(23)16-15(19)13-4-3-11(18)10-14(13)24-16/h3-4,10H,2,5-9H2,1H3,(H,21,23)/p+1. The summed E-state index contributed by atoms with van der Waals surface area (Å²) < 4.78 is 0.904. The second kappa shape index (κ2) is 7.83. The van der Waals surface area contributed by atoms with Gasteiger partial charge in [0.15, 0.2) is 0 Å². The van der Waals surface area contributed by atoms with Gasteiger partial charge in [0.2, 0.25) is 0 Å². The molecule has 1 saturated heterocycles. The van der Waals surface area contributed by atoms with Crippen LogP contribution < -0.4 is 10.3 Å². The second-order valence-corrected chi connectivity index (χ2v) is 7.87. The van der Waals surface area contributed by atoms with Crippen molar-refractivity contribution in [1.29, 1.82) is 0 Å². The van der Waals surface area contributed by atoms with Gasteiger partial charge in [-0.25, -0.2) is 5.43 Å². The number of quaternary nitrogens is 1. The first-order valence-corrected chi connectivity index (χ1v) is 9.72. The molecule has 0 radical (unpaired) electrons. The van der Waals surface area contributed by atoms with Gasteiger partial charge < -0.3 is 4.90 Å². The monoisotopic (exact) mass is 384 g/mol. The molecule has 0 atom stereocenters. The molecule has 1 aromatic heterocycles. The van der Waals surface area contributed by atoms with Crippen molar-refractivity contribution in [2.45, 2.75) is 26.2 Å². The molecule has 0 unspecified atom stereocenters. The lowest BCUT2D eigenvalue weighted by molar-refractivity contribution is -0.901. The third-order valence-corrected chi connectivity index (χ3v) is 6.14. The molecule has 2 N–H and O–H groups in total. The molecule has 1 aliphatic heterocycles. The lowest BCUT2D eigenvalue weighted by Gasteiger charge is -2.24. The Morgan fingerprint density at radius 1 is 1.33 bits per heavy atom. The Hall–Kier alpha value is -1.14. The van der Waals surface area contributed by atoms with Crippen molar-refractivity contribution in [2.24, 2.45) is 5.10 Å². The highest BCUT2D eigenvalue weighted by molar-refractivity contribution is 7.21. The van der Waals surface area contributed by atoms with Gasteiger partial charge in [0, 0.05) is 33.7 Å². The van der Waals surface area contributed by atoms with Crippen molar-refractivity contribution in [2.75, 3.05) is 19.6 Å². The molecule has 0 bridgehead atoms. The Morgan fingerprint density at radius 3 is 2.79 bits per heavy atom. The number of hydrogen-bond acceptors (Lipinski definition) is 3. The number of nitrogens with one attached hydrogen (secondary N) is 2. The number of halogens is 2. The molecule has 0 aliphatic carbocycles. The number of fused-ring (bicyclic) bond motifs is 1. The maximum Gasteiger partial charge on any atom is 0.283 e. The van der Waals surface area contributed by atoms with Crippen LogP contribution in [-0.4, -0.2) is 31.3 Å². The summed E-state index contributed by atoms with van der Waals surface area (Å²) in [5.74, 6) is -0.256. The summed E-state index contributed by atoms with van der Waals surface area (Å²) in [6, 6.07) is 5.44. The van der Waals surface area contributed by atoms with Crippen LogP contribution in [0.25, 0.3) is 10.1 Å². The van der Waals surface area contributed by atoms with Crippen LogP contribution in [0.1, 0.15) is 35.9 Å². The second-order valence-electron chi connectivity index (χ2n) is 6.00. The van der Waals surface area contributed by atoms with E-state index in [9.17, 15) is 4.79 Å². The topological polar surface area (TPSA) is 45.9 Å². The predicted octanol–water partition coefficient (Wildman–Crippen LogP) is 3.38. The number of benzene rings is 1. The fourth-order valence-corrected chi connectivity index (χ4v) is 4.66. The molecule has 0 spiro atoms. The highest BCUT2D eigenvalue weighted by Crippen LogP contribution is 2.36. The van der Waals surface area contributed by atoms with Gasteiger partial charge >= 0.3 is 0 Å². The number of thiophene rings is 1. The summed E-state index contributed by atoms with van der Waals surface area (Å²) in [7, 11) is 0. The van der Waals surface area contributed by atoms with Gasteiger partial charge in [0.05, 0.1) is 24.7 Å². The Morgan fingerprint density at radius 2 is 2.08 bits per heavy atom. The fourth-order valence-electron chi connectivity index (χ4n) is 2.97. The van der Waals surface area contributed by atoms with E-state index in [4.69, 9.17) is 23.2 Å². The van der Waals surface area contributed by atoms with Gasteiger partial charge in [-0.05, 0) is 18.6 Å². The van der Waals surface area contributed by atoms with E-state index in [1.165, 1.54) is 24.3 Å².